The lowest BCUT2D eigenvalue weighted by atomic mass is 9.42. The lowest BCUT2D eigenvalue weighted by molar-refractivity contribution is -0.132. The van der Waals surface area contributed by atoms with Gasteiger partial charge < -0.3 is 0 Å². The molecule has 8 unspecified atom stereocenters. The van der Waals surface area contributed by atoms with Gasteiger partial charge in [-0.05, 0) is 122 Å². The lowest BCUT2D eigenvalue weighted by Crippen LogP contribution is -2.55. The molecule has 0 spiro atoms. The quantitative estimate of drug-likeness (QED) is 0.291. The zero-order valence-corrected chi connectivity index (χ0v) is 23.4. The fourth-order valence-electron chi connectivity index (χ4n) is 9.79. The third-order valence-electron chi connectivity index (χ3n) is 11.6. The third-order valence-corrected chi connectivity index (χ3v) is 12.1. The Morgan fingerprint density at radius 2 is 1.74 bits per heavy atom. The van der Waals surface area contributed by atoms with Gasteiger partial charge in [-0.25, -0.2) is 4.18 Å². The second kappa shape index (κ2) is 9.49. The van der Waals surface area contributed by atoms with Crippen LogP contribution in [0, 0.1) is 58.2 Å². The summed E-state index contributed by atoms with van der Waals surface area (Å²) in [6.07, 6.45) is 11.8. The molecule has 0 aliphatic heterocycles. The predicted octanol–water partition coefficient (Wildman–Crippen LogP) is 7.71. The second-order valence-corrected chi connectivity index (χ2v) is 14.8. The van der Waals surface area contributed by atoms with Crippen molar-refractivity contribution in [2.75, 3.05) is 0 Å². The molecule has 34 heavy (non-hydrogen) atoms. The first-order chi connectivity index (χ1) is 15.8. The number of allylic oxidation sites excluding steroid dienone is 1. The van der Waals surface area contributed by atoms with Gasteiger partial charge in [0.15, 0.2) is 0 Å². The second-order valence-electron chi connectivity index (χ2n) is 13.7. The minimum absolute atomic E-state index is 0.0554. The molecule has 0 aromatic rings. The van der Waals surface area contributed by atoms with Gasteiger partial charge in [-0.15, -0.1) is 0 Å². The molecule has 4 saturated carbocycles. The van der Waals surface area contributed by atoms with Crippen LogP contribution in [-0.4, -0.2) is 19.1 Å². The molecule has 0 aromatic heterocycles. The number of hydrogen-bond donors (Lipinski definition) is 1. The van der Waals surface area contributed by atoms with Gasteiger partial charge in [0.2, 0.25) is 0 Å². The molecule has 0 radical (unpaired) electrons. The number of rotatable bonds is 7. The standard InChI is InChI=1S/C29H50O4S/c1-18(2)26(33-34(30,31)32)11-8-20(4)23-9-10-24-27-21(5)17-22-16-19(3)12-14-28(22,6)25(27)13-15-29(23,24)7/h18,20-27H,3,8-17H2,1-2,4-7H3,(H,30,31,32)/t20-,21?,22?,23?,24?,25?,26?,27?,28?,29-/m1/s1. The van der Waals surface area contributed by atoms with E-state index in [1.165, 1.54) is 56.9 Å². The zero-order valence-electron chi connectivity index (χ0n) is 22.6. The predicted molar refractivity (Wildman–Crippen MR) is 139 cm³/mol. The number of hydrogen-bond acceptors (Lipinski definition) is 3. The molecular formula is C29H50O4S. The van der Waals surface area contributed by atoms with E-state index in [0.717, 1.165) is 36.0 Å². The highest BCUT2D eigenvalue weighted by molar-refractivity contribution is 7.80. The summed E-state index contributed by atoms with van der Waals surface area (Å²) in [4.78, 5) is 0. The summed E-state index contributed by atoms with van der Waals surface area (Å²) in [5.41, 5.74) is 2.38. The molecule has 4 nitrogen and oxygen atoms in total. The van der Waals surface area contributed by atoms with E-state index in [1.54, 1.807) is 0 Å². The first-order valence-electron chi connectivity index (χ1n) is 14.1. The van der Waals surface area contributed by atoms with Gasteiger partial charge in [0, 0.05) is 0 Å². The van der Waals surface area contributed by atoms with Gasteiger partial charge in [0.05, 0.1) is 6.10 Å². The summed E-state index contributed by atoms with van der Waals surface area (Å²) in [5, 5.41) is 0. The highest BCUT2D eigenvalue weighted by Gasteiger charge is 2.61. The Hall–Kier alpha value is -0.390. The van der Waals surface area contributed by atoms with Crippen LogP contribution in [-0.2, 0) is 14.6 Å². The summed E-state index contributed by atoms with van der Waals surface area (Å²) in [6.45, 7) is 18.5. The maximum atomic E-state index is 11.3. The Bertz CT molecular complexity index is 865. The topological polar surface area (TPSA) is 63.6 Å². The van der Waals surface area contributed by atoms with E-state index < -0.39 is 16.5 Å². The fraction of sp³-hybridized carbons (Fsp3) is 0.931. The highest BCUT2D eigenvalue weighted by Crippen LogP contribution is 2.69. The van der Waals surface area contributed by atoms with E-state index in [1.807, 2.05) is 13.8 Å². The van der Waals surface area contributed by atoms with Crippen molar-refractivity contribution in [1.82, 2.24) is 0 Å². The van der Waals surface area contributed by atoms with Gasteiger partial charge in [-0.3, -0.25) is 4.55 Å². The normalized spacial score (nSPS) is 44.3. The van der Waals surface area contributed by atoms with E-state index in [-0.39, 0.29) is 5.92 Å². The van der Waals surface area contributed by atoms with Crippen molar-refractivity contribution in [3.05, 3.63) is 12.2 Å². The molecule has 0 aromatic carbocycles. The lowest BCUT2D eigenvalue weighted by Gasteiger charge is -2.63. The van der Waals surface area contributed by atoms with Crippen LogP contribution >= 0.6 is 0 Å². The van der Waals surface area contributed by atoms with Crippen LogP contribution < -0.4 is 0 Å². The smallest absolute Gasteiger partial charge is 0.264 e. The summed E-state index contributed by atoms with van der Waals surface area (Å²) in [6, 6.07) is 0. The maximum Gasteiger partial charge on any atom is 0.397 e. The largest absolute Gasteiger partial charge is 0.397 e. The van der Waals surface area contributed by atoms with Gasteiger partial charge in [-0.2, -0.15) is 8.42 Å². The SMILES string of the molecule is C=C1CCC2(C)C(C1)CC(C)C1C2CC[C@@]2(C)C1CCC2[C@H](C)CCC(OS(=O)(=O)O)C(C)C. The minimum atomic E-state index is -4.41. The van der Waals surface area contributed by atoms with Gasteiger partial charge >= 0.3 is 10.4 Å². The molecule has 0 heterocycles. The molecule has 4 rings (SSSR count). The minimum Gasteiger partial charge on any atom is -0.264 e. The molecule has 1 N–H and O–H groups in total. The van der Waals surface area contributed by atoms with Crippen molar-refractivity contribution in [2.45, 2.75) is 112 Å². The van der Waals surface area contributed by atoms with Crippen LogP contribution in [0.15, 0.2) is 12.2 Å². The summed E-state index contributed by atoms with van der Waals surface area (Å²) in [5.74, 6) is 5.48. The monoisotopic (exact) mass is 494 g/mol. The van der Waals surface area contributed by atoms with Crippen molar-refractivity contribution in [3.63, 3.8) is 0 Å². The Morgan fingerprint density at radius 3 is 2.38 bits per heavy atom. The third kappa shape index (κ3) is 4.79. The van der Waals surface area contributed by atoms with E-state index in [0.29, 0.717) is 29.1 Å². The molecule has 0 amide bonds. The molecule has 196 valence electrons. The Labute approximate surface area is 209 Å². The van der Waals surface area contributed by atoms with Gasteiger partial charge in [0.1, 0.15) is 0 Å². The van der Waals surface area contributed by atoms with Gasteiger partial charge in [-0.1, -0.05) is 53.7 Å². The summed E-state index contributed by atoms with van der Waals surface area (Å²) >= 11 is 0. The fourth-order valence-corrected chi connectivity index (χ4v) is 10.4. The first kappa shape index (κ1) is 26.7. The van der Waals surface area contributed by atoms with Crippen molar-refractivity contribution in [1.29, 1.82) is 0 Å². The molecule has 10 atom stereocenters. The first-order valence-corrected chi connectivity index (χ1v) is 15.4. The van der Waals surface area contributed by atoms with Crippen molar-refractivity contribution >= 4 is 10.4 Å². The van der Waals surface area contributed by atoms with Crippen LogP contribution in [0.5, 0.6) is 0 Å². The molecule has 4 aliphatic rings. The van der Waals surface area contributed by atoms with E-state index in [2.05, 4.69) is 34.3 Å². The van der Waals surface area contributed by atoms with E-state index in [4.69, 9.17) is 4.18 Å². The molecular weight excluding hydrogens is 444 g/mol. The summed E-state index contributed by atoms with van der Waals surface area (Å²) in [7, 11) is -4.41. The van der Waals surface area contributed by atoms with E-state index >= 15 is 0 Å². The Morgan fingerprint density at radius 1 is 1.06 bits per heavy atom. The summed E-state index contributed by atoms with van der Waals surface area (Å²) < 4.78 is 36.9. The molecule has 4 aliphatic carbocycles. The zero-order chi connectivity index (χ0) is 25.1. The van der Waals surface area contributed by atoms with Crippen molar-refractivity contribution < 1.29 is 17.2 Å². The van der Waals surface area contributed by atoms with Gasteiger partial charge in [0.25, 0.3) is 0 Å². The molecule has 0 bridgehead atoms. The average Bonchev–Trinajstić information content (AvgIpc) is 3.08. The van der Waals surface area contributed by atoms with E-state index in [9.17, 15) is 13.0 Å². The van der Waals surface area contributed by atoms with Crippen LogP contribution in [0.1, 0.15) is 106 Å². The Kier molecular flexibility index (Phi) is 7.44. The highest BCUT2D eigenvalue weighted by atomic mass is 32.3. The molecule has 0 saturated heterocycles. The number of fused-ring (bicyclic) bond motifs is 5. The Balaban J connectivity index is 1.47. The van der Waals surface area contributed by atoms with Crippen LogP contribution in [0.4, 0.5) is 0 Å². The van der Waals surface area contributed by atoms with Crippen molar-refractivity contribution in [2.24, 2.45) is 58.2 Å². The van der Waals surface area contributed by atoms with Crippen LogP contribution in [0.25, 0.3) is 0 Å². The maximum absolute atomic E-state index is 11.3. The molecule has 5 heteroatoms. The van der Waals surface area contributed by atoms with Crippen molar-refractivity contribution in [3.8, 4) is 0 Å². The molecule has 4 fully saturated rings. The average molecular weight is 495 g/mol. The van der Waals surface area contributed by atoms with Crippen LogP contribution in [0.3, 0.4) is 0 Å². The van der Waals surface area contributed by atoms with Crippen LogP contribution in [0.2, 0.25) is 0 Å².